The lowest BCUT2D eigenvalue weighted by Crippen LogP contribution is -2.60. The van der Waals surface area contributed by atoms with Crippen LogP contribution in [0.1, 0.15) is 33.6 Å². The number of carbonyl (C=O) groups excluding carboxylic acids is 3. The molecule has 5 rings (SSSR count). The van der Waals surface area contributed by atoms with Crippen LogP contribution in [0.2, 0.25) is 0 Å². The first-order valence-corrected chi connectivity index (χ1v) is 11.9. The number of hydrogen-bond acceptors (Lipinski definition) is 5. The van der Waals surface area contributed by atoms with E-state index in [0.29, 0.717) is 63.4 Å². The Morgan fingerprint density at radius 2 is 1.43 bits per heavy atom. The second-order valence-corrected chi connectivity index (χ2v) is 9.05. The molecule has 1 spiro atoms. The highest BCUT2D eigenvalue weighted by Gasteiger charge is 2.55. The van der Waals surface area contributed by atoms with Gasteiger partial charge in [0.25, 0.3) is 11.8 Å². The third kappa shape index (κ3) is 4.53. The number of piperidine rings is 1. The Hall–Kier alpha value is -3.30. The molecule has 3 aliphatic rings. The molecule has 0 radical (unpaired) electrons. The van der Waals surface area contributed by atoms with E-state index >= 15 is 0 Å². The fourth-order valence-corrected chi connectivity index (χ4v) is 5.10. The smallest absolute Gasteiger partial charge is 0.256 e. The largest absolute Gasteiger partial charge is 0.378 e. The molecule has 0 saturated carbocycles. The van der Waals surface area contributed by atoms with Crippen molar-refractivity contribution in [2.45, 2.75) is 24.6 Å². The van der Waals surface area contributed by atoms with Crippen molar-refractivity contribution in [1.82, 2.24) is 14.7 Å². The molecule has 1 unspecified atom stereocenters. The van der Waals surface area contributed by atoms with E-state index < -0.39 is 17.6 Å². The molecular weight excluding hydrogens is 453 g/mol. The lowest BCUT2D eigenvalue weighted by Gasteiger charge is -2.45. The van der Waals surface area contributed by atoms with E-state index in [1.165, 1.54) is 24.3 Å². The highest BCUT2D eigenvalue weighted by atomic mass is 19.1. The van der Waals surface area contributed by atoms with E-state index in [4.69, 9.17) is 9.47 Å². The van der Waals surface area contributed by atoms with Gasteiger partial charge in [0, 0.05) is 50.1 Å². The number of halogens is 1. The molecule has 9 heteroatoms. The molecule has 184 valence electrons. The number of amides is 3. The summed E-state index contributed by atoms with van der Waals surface area (Å²) in [5, 5.41) is 0. The third-order valence-electron chi connectivity index (χ3n) is 7.03. The van der Waals surface area contributed by atoms with Gasteiger partial charge < -0.3 is 19.3 Å². The Balaban J connectivity index is 1.38. The minimum atomic E-state index is -0.973. The monoisotopic (exact) mass is 481 g/mol. The lowest BCUT2D eigenvalue weighted by atomic mass is 9.96. The number of ether oxygens (including phenoxy) is 2. The van der Waals surface area contributed by atoms with E-state index in [0.717, 1.165) is 0 Å². The molecule has 2 aromatic rings. The maximum Gasteiger partial charge on any atom is 0.256 e. The minimum Gasteiger partial charge on any atom is -0.378 e. The number of nitrogens with zero attached hydrogens (tertiary/aromatic N) is 3. The maximum absolute atomic E-state index is 13.7. The van der Waals surface area contributed by atoms with Crippen LogP contribution in [0.25, 0.3) is 0 Å². The van der Waals surface area contributed by atoms with Crippen molar-refractivity contribution in [3.63, 3.8) is 0 Å². The van der Waals surface area contributed by atoms with Gasteiger partial charge in [-0.2, -0.15) is 0 Å². The van der Waals surface area contributed by atoms with Crippen LogP contribution in [0.15, 0.2) is 54.6 Å². The van der Waals surface area contributed by atoms with E-state index in [-0.39, 0.29) is 24.3 Å². The van der Waals surface area contributed by atoms with Crippen molar-refractivity contribution in [2.75, 3.05) is 46.0 Å². The van der Waals surface area contributed by atoms with Crippen molar-refractivity contribution in [2.24, 2.45) is 0 Å². The molecule has 0 aliphatic carbocycles. The Bertz CT molecular complexity index is 1080. The molecule has 8 nitrogen and oxygen atoms in total. The van der Waals surface area contributed by atoms with E-state index in [2.05, 4.69) is 0 Å². The lowest BCUT2D eigenvalue weighted by molar-refractivity contribution is -0.141. The third-order valence-corrected chi connectivity index (χ3v) is 7.03. The highest BCUT2D eigenvalue weighted by molar-refractivity contribution is 5.98. The summed E-state index contributed by atoms with van der Waals surface area (Å²) in [5.74, 6) is -0.989. The van der Waals surface area contributed by atoms with Gasteiger partial charge in [0.15, 0.2) is 0 Å². The molecule has 3 fully saturated rings. The Morgan fingerprint density at radius 3 is 2.09 bits per heavy atom. The van der Waals surface area contributed by atoms with Crippen molar-refractivity contribution in [1.29, 1.82) is 0 Å². The zero-order valence-electron chi connectivity index (χ0n) is 19.4. The van der Waals surface area contributed by atoms with E-state index in [1.807, 2.05) is 6.07 Å². The molecule has 3 aliphatic heterocycles. The highest BCUT2D eigenvalue weighted by Crippen LogP contribution is 2.39. The Morgan fingerprint density at radius 1 is 0.800 bits per heavy atom. The van der Waals surface area contributed by atoms with Gasteiger partial charge in [-0.15, -0.1) is 0 Å². The summed E-state index contributed by atoms with van der Waals surface area (Å²) >= 11 is 0. The molecular formula is C26H28FN3O5. The molecule has 1 atom stereocenters. The number of hydrogen-bond donors (Lipinski definition) is 0. The van der Waals surface area contributed by atoms with Gasteiger partial charge in [-0.25, -0.2) is 4.39 Å². The van der Waals surface area contributed by atoms with Gasteiger partial charge in [0.2, 0.25) is 5.91 Å². The normalized spacial score (nSPS) is 21.9. The summed E-state index contributed by atoms with van der Waals surface area (Å²) in [6, 6.07) is 13.6. The zero-order chi connectivity index (χ0) is 24.4. The van der Waals surface area contributed by atoms with Crippen LogP contribution in [0.5, 0.6) is 0 Å². The molecule has 0 N–H and O–H groups in total. The van der Waals surface area contributed by atoms with Crippen LogP contribution >= 0.6 is 0 Å². The molecule has 0 aromatic heterocycles. The van der Waals surface area contributed by atoms with Crippen LogP contribution in [0.3, 0.4) is 0 Å². The number of benzene rings is 2. The van der Waals surface area contributed by atoms with Gasteiger partial charge in [0.1, 0.15) is 17.6 Å². The Labute approximate surface area is 203 Å². The van der Waals surface area contributed by atoms with Gasteiger partial charge in [-0.05, 0) is 36.4 Å². The molecule has 3 heterocycles. The van der Waals surface area contributed by atoms with Crippen LogP contribution < -0.4 is 0 Å². The van der Waals surface area contributed by atoms with Gasteiger partial charge in [-0.1, -0.05) is 18.2 Å². The number of likely N-dealkylation sites (tertiary alicyclic amines) is 1. The summed E-state index contributed by atoms with van der Waals surface area (Å²) < 4.78 is 24.9. The van der Waals surface area contributed by atoms with Crippen LogP contribution in [0, 0.1) is 5.82 Å². The fourth-order valence-electron chi connectivity index (χ4n) is 5.10. The van der Waals surface area contributed by atoms with Gasteiger partial charge in [-0.3, -0.25) is 19.3 Å². The first-order valence-electron chi connectivity index (χ1n) is 11.9. The number of rotatable bonds is 3. The van der Waals surface area contributed by atoms with Gasteiger partial charge in [0.05, 0.1) is 19.8 Å². The van der Waals surface area contributed by atoms with Crippen LogP contribution in [0.4, 0.5) is 4.39 Å². The summed E-state index contributed by atoms with van der Waals surface area (Å²) in [6.07, 6.45) is 0.761. The second-order valence-electron chi connectivity index (χ2n) is 9.05. The molecule has 3 amide bonds. The first-order chi connectivity index (χ1) is 17.0. The van der Waals surface area contributed by atoms with E-state index in [1.54, 1.807) is 39.0 Å². The summed E-state index contributed by atoms with van der Waals surface area (Å²) in [4.78, 5) is 45.1. The minimum absolute atomic E-state index is 0.112. The Kier molecular flexibility index (Phi) is 6.53. The summed E-state index contributed by atoms with van der Waals surface area (Å²) in [7, 11) is 0. The average molecular weight is 482 g/mol. The summed E-state index contributed by atoms with van der Waals surface area (Å²) in [6.45, 7) is 2.72. The molecule has 35 heavy (non-hydrogen) atoms. The SMILES string of the molecule is O=C(c1ccc(F)cc1)N1CCC2(CC1)OCC(C(=O)N1CCOCC1)N2C(=O)c1ccccc1. The predicted molar refractivity (Wildman–Crippen MR) is 124 cm³/mol. The van der Waals surface area contributed by atoms with Crippen molar-refractivity contribution in [3.05, 3.63) is 71.5 Å². The number of morpholine rings is 1. The van der Waals surface area contributed by atoms with Gasteiger partial charge >= 0.3 is 0 Å². The van der Waals surface area contributed by atoms with E-state index in [9.17, 15) is 18.8 Å². The van der Waals surface area contributed by atoms with Crippen LogP contribution in [-0.2, 0) is 14.3 Å². The topological polar surface area (TPSA) is 79.4 Å². The van der Waals surface area contributed by atoms with Crippen molar-refractivity contribution >= 4 is 17.7 Å². The predicted octanol–water partition coefficient (Wildman–Crippen LogP) is 2.16. The molecule has 2 aromatic carbocycles. The molecule has 3 saturated heterocycles. The maximum atomic E-state index is 13.7. The quantitative estimate of drug-likeness (QED) is 0.672. The van der Waals surface area contributed by atoms with Crippen molar-refractivity contribution < 1.29 is 28.2 Å². The first kappa shape index (κ1) is 23.4. The second kappa shape index (κ2) is 9.75. The van der Waals surface area contributed by atoms with Crippen molar-refractivity contribution in [3.8, 4) is 0 Å². The fraction of sp³-hybridized carbons (Fsp3) is 0.423. The summed E-state index contributed by atoms with van der Waals surface area (Å²) in [5.41, 5.74) is -0.0756. The standard InChI is InChI=1S/C26H28FN3O5/c27-21-8-6-20(7-9-21)23(31)28-12-10-26(11-13-28)30(24(32)19-4-2-1-3-5-19)22(18-35-26)25(33)29-14-16-34-17-15-29/h1-9,22H,10-18H2. The zero-order valence-corrected chi connectivity index (χ0v) is 19.4. The van der Waals surface area contributed by atoms with Crippen LogP contribution in [-0.4, -0.2) is 90.2 Å². The average Bonchev–Trinajstić information content (AvgIpc) is 3.27. The molecule has 0 bridgehead atoms. The number of carbonyl (C=O) groups is 3.